The molecule has 6 heteroatoms. The van der Waals surface area contributed by atoms with Gasteiger partial charge in [-0.2, -0.15) is 0 Å². The normalized spacial score (nSPS) is 6.25. The van der Waals surface area contributed by atoms with E-state index in [1.807, 2.05) is 0 Å². The van der Waals surface area contributed by atoms with E-state index >= 15 is 0 Å². The van der Waals surface area contributed by atoms with Crippen molar-refractivity contribution < 1.29 is 23.9 Å². The van der Waals surface area contributed by atoms with E-state index in [0.29, 0.717) is 0 Å². The number of carbonyl (C=O) groups is 1. The Hall–Kier alpha value is -0.670. The zero-order valence-corrected chi connectivity index (χ0v) is 4.96. The molecule has 0 aliphatic carbocycles. The largest absolute Gasteiger partial charge is 0.481 e. The van der Waals surface area contributed by atoms with Crippen molar-refractivity contribution in [3.8, 4) is 0 Å². The molecule has 0 heterocycles. The van der Waals surface area contributed by atoms with Gasteiger partial charge in [0.25, 0.3) is 5.97 Å². The summed E-state index contributed by atoms with van der Waals surface area (Å²) >= 11 is 0. The smallest absolute Gasteiger partial charge is 0.465 e. The van der Waals surface area contributed by atoms with Crippen LogP contribution in [0.3, 0.4) is 0 Å². The van der Waals surface area contributed by atoms with E-state index in [4.69, 9.17) is 23.9 Å². The highest BCUT2D eigenvalue weighted by atomic mass is 31.1. The summed E-state index contributed by atoms with van der Waals surface area (Å²) in [6, 6.07) is 0. The highest BCUT2D eigenvalue weighted by Gasteiger charge is 1.65. The van der Waals surface area contributed by atoms with Crippen LogP contribution >= 0.6 is 7.91 Å². The van der Waals surface area contributed by atoms with Gasteiger partial charge in [0.15, 0.2) is 0 Å². The number of carboxylic acid groups (broad SMARTS) is 1. The Morgan fingerprint density at radius 2 is 1.50 bits per heavy atom. The van der Waals surface area contributed by atoms with Gasteiger partial charge in [-0.3, -0.25) is 9.69 Å². The molecule has 0 radical (unpaired) electrons. The number of carboxylic acids is 1. The molecule has 0 aromatic rings. The molecule has 0 amide bonds. The fourth-order valence-electron chi connectivity index (χ4n) is 0. The third-order valence-corrected chi connectivity index (χ3v) is 0. The Balaban J connectivity index is 0. The van der Waals surface area contributed by atoms with Crippen LogP contribution in [0.15, 0.2) is 0 Å². The van der Waals surface area contributed by atoms with Crippen molar-refractivity contribution in [3.05, 3.63) is 0 Å². The minimum atomic E-state index is -3.12. The van der Waals surface area contributed by atoms with Gasteiger partial charge in [0.2, 0.25) is 0 Å². The van der Waals surface area contributed by atoms with Crippen molar-refractivity contribution in [3.63, 3.8) is 0 Å². The number of hydrogen-bond donors (Lipinski definition) is 2. The molecule has 0 spiro atoms. The molecule has 48 valence electrons. The number of aliphatic carboxylic acids is 1. The minimum absolute atomic E-state index is 0.833. The van der Waals surface area contributed by atoms with Crippen molar-refractivity contribution in [1.82, 2.24) is 0 Å². The van der Waals surface area contributed by atoms with Crippen LogP contribution in [0.5, 0.6) is 0 Å². The molecule has 0 aliphatic heterocycles. The molecule has 0 unspecified atom stereocenters. The minimum Gasteiger partial charge on any atom is -0.481 e. The van der Waals surface area contributed by atoms with Crippen LogP contribution in [0.2, 0.25) is 0 Å². The van der Waals surface area contributed by atoms with Gasteiger partial charge in [-0.25, -0.2) is 9.13 Å². The Morgan fingerprint density at radius 3 is 1.50 bits per heavy atom. The number of rotatable bonds is 0. The molecule has 0 aromatic heterocycles. The highest BCUT2D eigenvalue weighted by Crippen LogP contribution is 1.84. The second-order valence-electron chi connectivity index (χ2n) is 0.757. The summed E-state index contributed by atoms with van der Waals surface area (Å²) in [4.78, 5) is 16.0. The second kappa shape index (κ2) is 6.33. The maximum atomic E-state index is 9.00. The van der Waals surface area contributed by atoms with Crippen LogP contribution in [-0.4, -0.2) is 16.0 Å². The summed E-state index contributed by atoms with van der Waals surface area (Å²) in [5.41, 5.74) is 0. The van der Waals surface area contributed by atoms with Crippen LogP contribution in [-0.2, 0) is 13.9 Å². The molecule has 0 saturated heterocycles. The van der Waals surface area contributed by atoms with E-state index in [1.165, 1.54) is 0 Å². The zero-order chi connectivity index (χ0) is 7.15. The van der Waals surface area contributed by atoms with E-state index in [0.717, 1.165) is 6.92 Å². The first-order valence-corrected chi connectivity index (χ1v) is 2.62. The lowest BCUT2D eigenvalue weighted by atomic mass is 10.9. The maximum absolute atomic E-state index is 9.00. The Kier molecular flexibility index (Phi) is 8.18. The maximum Gasteiger partial charge on any atom is 0.465 e. The Labute approximate surface area is 45.9 Å². The van der Waals surface area contributed by atoms with Crippen molar-refractivity contribution in [2.45, 2.75) is 6.92 Å². The molecule has 0 saturated carbocycles. The molecular formula is C2H5O5P. The quantitative estimate of drug-likeness (QED) is 0.467. The molecule has 0 aliphatic rings. The molecule has 8 heavy (non-hydrogen) atoms. The van der Waals surface area contributed by atoms with Gasteiger partial charge in [-0.1, -0.05) is 0 Å². The molecule has 0 aromatic carbocycles. The highest BCUT2D eigenvalue weighted by molar-refractivity contribution is 7.23. The lowest BCUT2D eigenvalue weighted by Crippen LogP contribution is -1.78. The van der Waals surface area contributed by atoms with Gasteiger partial charge in [0, 0.05) is 6.92 Å². The van der Waals surface area contributed by atoms with Gasteiger partial charge in [-0.15, -0.1) is 0 Å². The van der Waals surface area contributed by atoms with Crippen molar-refractivity contribution in [2.24, 2.45) is 0 Å². The Morgan fingerprint density at radius 1 is 1.50 bits per heavy atom. The molecular weight excluding hydrogens is 135 g/mol. The average Bonchev–Trinajstić information content (AvgIpc) is 1.25. The molecule has 5 nitrogen and oxygen atoms in total. The topological polar surface area (TPSA) is 91.7 Å². The first-order valence-electron chi connectivity index (χ1n) is 1.49. The number of hydrogen-bond acceptors (Lipinski definition) is 3. The Bertz CT molecular complexity index is 112. The summed E-state index contributed by atoms with van der Waals surface area (Å²) in [5, 5.41) is 7.42. The molecule has 0 rings (SSSR count). The lowest BCUT2D eigenvalue weighted by Gasteiger charge is -1.59. The van der Waals surface area contributed by atoms with Gasteiger partial charge >= 0.3 is 7.91 Å². The predicted octanol–water partition coefficient (Wildman–Crippen LogP) is 0.157. The monoisotopic (exact) mass is 140 g/mol. The van der Waals surface area contributed by atoms with Crippen LogP contribution in [0.4, 0.5) is 0 Å². The second-order valence-corrected chi connectivity index (χ2v) is 1.23. The van der Waals surface area contributed by atoms with Gasteiger partial charge in [0.1, 0.15) is 0 Å². The van der Waals surface area contributed by atoms with Crippen molar-refractivity contribution in [1.29, 1.82) is 0 Å². The summed E-state index contributed by atoms with van der Waals surface area (Å²) in [6.07, 6.45) is 0. The molecule has 0 fully saturated rings. The molecule has 2 N–H and O–H groups in total. The summed E-state index contributed by atoms with van der Waals surface area (Å²) < 4.78 is 17.2. The van der Waals surface area contributed by atoms with E-state index in [1.54, 1.807) is 0 Å². The summed E-state index contributed by atoms with van der Waals surface area (Å²) in [5.74, 6) is -0.833. The fourth-order valence-corrected chi connectivity index (χ4v) is 0. The molecule has 0 atom stereocenters. The van der Waals surface area contributed by atoms with Gasteiger partial charge in [0.05, 0.1) is 0 Å². The first kappa shape index (κ1) is 10.3. The fraction of sp³-hybridized carbons (Fsp3) is 0.500. The van der Waals surface area contributed by atoms with E-state index < -0.39 is 13.9 Å². The summed E-state index contributed by atoms with van der Waals surface area (Å²) in [6.45, 7) is 1.08. The van der Waals surface area contributed by atoms with Crippen LogP contribution in [0.1, 0.15) is 6.92 Å². The first-order chi connectivity index (χ1) is 3.46. The van der Waals surface area contributed by atoms with E-state index in [-0.39, 0.29) is 0 Å². The van der Waals surface area contributed by atoms with Crippen LogP contribution < -0.4 is 0 Å². The van der Waals surface area contributed by atoms with Crippen molar-refractivity contribution >= 4 is 13.9 Å². The standard InChI is InChI=1S/C2H4O2.HO3P/c1-2(3)4;1-4(2)3/h1H3,(H,3,4);(H,1,2,3). The zero-order valence-electron chi connectivity index (χ0n) is 4.07. The third-order valence-electron chi connectivity index (χ3n) is 0. The van der Waals surface area contributed by atoms with Crippen LogP contribution in [0.25, 0.3) is 0 Å². The SMILES string of the molecule is CC(=O)O.O=P(=O)O. The van der Waals surface area contributed by atoms with Crippen LogP contribution in [0, 0.1) is 0 Å². The average molecular weight is 140 g/mol. The lowest BCUT2D eigenvalue weighted by molar-refractivity contribution is -0.134. The molecule has 0 bridgehead atoms. The van der Waals surface area contributed by atoms with E-state index in [9.17, 15) is 0 Å². The third kappa shape index (κ3) is 223. The van der Waals surface area contributed by atoms with Crippen molar-refractivity contribution in [2.75, 3.05) is 0 Å². The van der Waals surface area contributed by atoms with Gasteiger partial charge < -0.3 is 5.11 Å². The van der Waals surface area contributed by atoms with E-state index in [2.05, 4.69) is 0 Å². The van der Waals surface area contributed by atoms with Gasteiger partial charge in [-0.05, 0) is 0 Å². The summed E-state index contributed by atoms with van der Waals surface area (Å²) in [7, 11) is -3.12. The predicted molar refractivity (Wildman–Crippen MR) is 23.8 cm³/mol.